The summed E-state index contributed by atoms with van der Waals surface area (Å²) in [6.07, 6.45) is 0.953. The Balaban J connectivity index is 1.71. The molecular formula is C34H34N2O6S. The van der Waals surface area contributed by atoms with Crippen molar-refractivity contribution in [3.05, 3.63) is 105 Å². The first kappa shape index (κ1) is 30.0. The zero-order valence-corrected chi connectivity index (χ0v) is 25.8. The molecule has 43 heavy (non-hydrogen) atoms. The molecule has 4 aromatic rings. The predicted molar refractivity (Wildman–Crippen MR) is 168 cm³/mol. The summed E-state index contributed by atoms with van der Waals surface area (Å²) in [4.78, 5) is 27.4. The Morgan fingerprint density at radius 2 is 1.47 bits per heavy atom. The number of carbonyl (C=O) groups is 2. The lowest BCUT2D eigenvalue weighted by atomic mass is 9.82. The fourth-order valence-electron chi connectivity index (χ4n) is 5.67. The Kier molecular flexibility index (Phi) is 7.44. The molecule has 8 nitrogen and oxygen atoms in total. The van der Waals surface area contributed by atoms with Crippen LogP contribution in [0.1, 0.15) is 81.3 Å². The molecule has 0 heterocycles. The molecule has 0 radical (unpaired) electrons. The van der Waals surface area contributed by atoms with Crippen LogP contribution in [0.5, 0.6) is 11.5 Å². The van der Waals surface area contributed by atoms with Gasteiger partial charge in [0.2, 0.25) is 0 Å². The molecule has 0 aliphatic heterocycles. The van der Waals surface area contributed by atoms with Gasteiger partial charge in [-0.2, -0.15) is 8.42 Å². The first-order valence-corrected chi connectivity index (χ1v) is 15.4. The number of rotatable bonds is 7. The topological polar surface area (TPSA) is 136 Å². The third kappa shape index (κ3) is 5.19. The molecule has 4 N–H and O–H groups in total. The number of nitrogens with one attached hydrogen (secondary N) is 1. The lowest BCUT2D eigenvalue weighted by molar-refractivity contribution is 0.0980. The molecule has 9 heteroatoms. The summed E-state index contributed by atoms with van der Waals surface area (Å²) >= 11 is 0. The number of aryl methyl sites for hydroxylation is 2. The number of anilines is 3. The van der Waals surface area contributed by atoms with Crippen LogP contribution in [0.3, 0.4) is 0 Å². The minimum atomic E-state index is -4.55. The van der Waals surface area contributed by atoms with Crippen molar-refractivity contribution < 1.29 is 27.3 Å². The van der Waals surface area contributed by atoms with Gasteiger partial charge in [-0.3, -0.25) is 14.1 Å². The molecule has 0 amide bonds. The van der Waals surface area contributed by atoms with Crippen LogP contribution in [0.2, 0.25) is 0 Å². The highest BCUT2D eigenvalue weighted by molar-refractivity contribution is 7.86. The second kappa shape index (κ2) is 10.7. The van der Waals surface area contributed by atoms with Crippen LogP contribution in [-0.2, 0) is 15.5 Å². The quantitative estimate of drug-likeness (QED) is 0.130. The smallest absolute Gasteiger partial charge is 0.295 e. The van der Waals surface area contributed by atoms with E-state index in [1.54, 1.807) is 57.2 Å². The number of hydrogen-bond acceptors (Lipinski definition) is 7. The monoisotopic (exact) mass is 598 g/mol. The number of nitrogen functional groups attached to an aromatic ring is 1. The van der Waals surface area contributed by atoms with Gasteiger partial charge >= 0.3 is 0 Å². The van der Waals surface area contributed by atoms with Crippen molar-refractivity contribution in [3.8, 4) is 11.5 Å². The van der Waals surface area contributed by atoms with E-state index in [2.05, 4.69) is 26.1 Å². The number of hydrogen-bond donors (Lipinski definition) is 3. The van der Waals surface area contributed by atoms with Crippen molar-refractivity contribution >= 4 is 38.7 Å². The molecular weight excluding hydrogens is 564 g/mol. The average molecular weight is 599 g/mol. The van der Waals surface area contributed by atoms with Gasteiger partial charge in [-0.25, -0.2) is 0 Å². The highest BCUT2D eigenvalue weighted by Crippen LogP contribution is 2.44. The van der Waals surface area contributed by atoms with Crippen molar-refractivity contribution in [1.82, 2.24) is 0 Å². The average Bonchev–Trinajstić information content (AvgIpc) is 2.94. The zero-order chi connectivity index (χ0) is 31.4. The third-order valence-corrected chi connectivity index (χ3v) is 9.51. The highest BCUT2D eigenvalue weighted by Gasteiger charge is 2.35. The van der Waals surface area contributed by atoms with Gasteiger partial charge in [0.1, 0.15) is 10.6 Å². The molecule has 0 saturated heterocycles. The largest absolute Gasteiger partial charge is 0.455 e. The van der Waals surface area contributed by atoms with Gasteiger partial charge in [0.25, 0.3) is 10.1 Å². The lowest BCUT2D eigenvalue weighted by Gasteiger charge is -2.26. The van der Waals surface area contributed by atoms with Crippen LogP contribution in [0.15, 0.2) is 65.6 Å². The van der Waals surface area contributed by atoms with E-state index in [0.29, 0.717) is 22.6 Å². The SMILES string of the molecule is CCC(C)(C)c1ccc(Oc2cc(Nc3c(C)cc(C)c(S(=O)(=O)O)c3C)c3c(c2N)C(=O)c2ccccc2C3=O)cc1. The second-order valence-electron chi connectivity index (χ2n) is 11.6. The Morgan fingerprint density at radius 3 is 2.02 bits per heavy atom. The van der Waals surface area contributed by atoms with Crippen molar-refractivity contribution in [3.63, 3.8) is 0 Å². The number of carbonyl (C=O) groups excluding carboxylic acids is 2. The summed E-state index contributed by atoms with van der Waals surface area (Å²) in [5.74, 6) is -0.192. The molecule has 1 aliphatic carbocycles. The Labute approximate surface area is 251 Å². The van der Waals surface area contributed by atoms with Crippen LogP contribution in [0.25, 0.3) is 0 Å². The van der Waals surface area contributed by atoms with Crippen LogP contribution < -0.4 is 15.8 Å². The maximum absolute atomic E-state index is 13.9. The third-order valence-electron chi connectivity index (χ3n) is 8.37. The van der Waals surface area contributed by atoms with Gasteiger partial charge in [-0.1, -0.05) is 63.2 Å². The zero-order valence-electron chi connectivity index (χ0n) is 25.0. The van der Waals surface area contributed by atoms with Crippen LogP contribution in [-0.4, -0.2) is 24.5 Å². The van der Waals surface area contributed by atoms with E-state index in [1.807, 2.05) is 24.3 Å². The summed E-state index contributed by atoms with van der Waals surface area (Å²) in [7, 11) is -4.55. The van der Waals surface area contributed by atoms with E-state index in [-0.39, 0.29) is 55.3 Å². The summed E-state index contributed by atoms with van der Waals surface area (Å²) < 4.78 is 40.7. The summed E-state index contributed by atoms with van der Waals surface area (Å²) in [5.41, 5.74) is 10.1. The molecule has 0 saturated carbocycles. The molecule has 0 aromatic heterocycles. The first-order valence-electron chi connectivity index (χ1n) is 13.9. The molecule has 222 valence electrons. The fourth-order valence-corrected chi connectivity index (χ4v) is 6.63. The van der Waals surface area contributed by atoms with Crippen molar-refractivity contribution in [1.29, 1.82) is 0 Å². The van der Waals surface area contributed by atoms with E-state index < -0.39 is 21.7 Å². The number of benzene rings is 4. The minimum Gasteiger partial charge on any atom is -0.455 e. The van der Waals surface area contributed by atoms with E-state index >= 15 is 0 Å². The van der Waals surface area contributed by atoms with Gasteiger partial charge in [0.05, 0.1) is 22.5 Å². The van der Waals surface area contributed by atoms with Gasteiger partial charge in [-0.05, 0) is 67.0 Å². The highest BCUT2D eigenvalue weighted by atomic mass is 32.2. The Bertz CT molecular complexity index is 1930. The van der Waals surface area contributed by atoms with E-state index in [9.17, 15) is 22.6 Å². The number of fused-ring (bicyclic) bond motifs is 2. The Morgan fingerprint density at radius 1 is 0.884 bits per heavy atom. The van der Waals surface area contributed by atoms with Gasteiger partial charge < -0.3 is 15.8 Å². The molecule has 0 atom stereocenters. The maximum atomic E-state index is 13.9. The normalized spacial score (nSPS) is 13.0. The first-order chi connectivity index (χ1) is 20.2. The van der Waals surface area contributed by atoms with E-state index in [1.165, 1.54) is 0 Å². The predicted octanol–water partition coefficient (Wildman–Crippen LogP) is 7.44. The van der Waals surface area contributed by atoms with Gasteiger partial charge in [-0.15, -0.1) is 0 Å². The standard InChI is InChI=1S/C34H34N2O6S/c1-7-34(5,6)21-12-14-22(15-13-21)42-26-17-25(36-30-18(2)16-19(3)33(20(30)4)43(39,40)41)27-28(29(26)35)32(38)24-11-9-8-10-23(24)31(27)37/h8-17,36H,7,35H2,1-6H3,(H,39,40,41). The van der Waals surface area contributed by atoms with Crippen molar-refractivity contribution in [2.45, 2.75) is 58.3 Å². The summed E-state index contributed by atoms with van der Waals surface area (Å²) in [6, 6.07) is 17.3. The number of ether oxygens (including phenoxy) is 1. The molecule has 0 bridgehead atoms. The van der Waals surface area contributed by atoms with Gasteiger partial charge in [0, 0.05) is 22.9 Å². The maximum Gasteiger partial charge on any atom is 0.295 e. The fraction of sp³-hybridized carbons (Fsp3) is 0.235. The molecule has 0 fully saturated rings. The lowest BCUT2D eigenvalue weighted by Crippen LogP contribution is -2.24. The second-order valence-corrected chi connectivity index (χ2v) is 13.0. The molecule has 0 spiro atoms. The van der Waals surface area contributed by atoms with Crippen LogP contribution >= 0.6 is 0 Å². The Hall–Kier alpha value is -4.47. The molecule has 0 unspecified atom stereocenters. The van der Waals surface area contributed by atoms with Crippen LogP contribution in [0, 0.1) is 20.8 Å². The molecule has 4 aromatic carbocycles. The van der Waals surface area contributed by atoms with E-state index in [0.717, 1.165) is 12.0 Å². The summed E-state index contributed by atoms with van der Waals surface area (Å²) in [5, 5.41) is 3.20. The van der Waals surface area contributed by atoms with E-state index in [4.69, 9.17) is 10.5 Å². The van der Waals surface area contributed by atoms with Crippen molar-refractivity contribution in [2.24, 2.45) is 0 Å². The number of nitrogens with two attached hydrogens (primary N) is 1. The number of ketones is 2. The molecule has 5 rings (SSSR count). The minimum absolute atomic E-state index is 0.00450. The van der Waals surface area contributed by atoms with Gasteiger partial charge in [0.15, 0.2) is 17.3 Å². The van der Waals surface area contributed by atoms with Crippen molar-refractivity contribution in [2.75, 3.05) is 11.1 Å². The summed E-state index contributed by atoms with van der Waals surface area (Å²) in [6.45, 7) is 11.4. The van der Waals surface area contributed by atoms with Crippen LogP contribution in [0.4, 0.5) is 17.1 Å². The molecule has 1 aliphatic rings.